The molecule has 1 fully saturated rings. The lowest BCUT2D eigenvalue weighted by atomic mass is 9.92. The number of halogens is 2. The number of benzene rings is 3. The van der Waals surface area contributed by atoms with Gasteiger partial charge < -0.3 is 9.84 Å². The molecule has 5 nitrogen and oxygen atoms in total. The number of ether oxygens (including phenoxy) is 1. The van der Waals surface area contributed by atoms with Crippen molar-refractivity contribution in [1.82, 2.24) is 0 Å². The summed E-state index contributed by atoms with van der Waals surface area (Å²) in [7, 11) is 1.48. The molecule has 0 bridgehead atoms. The Morgan fingerprint density at radius 3 is 2.39 bits per heavy atom. The molecule has 1 heterocycles. The highest BCUT2D eigenvalue weighted by Gasteiger charge is 2.47. The number of anilines is 1. The molecule has 3 aromatic rings. The van der Waals surface area contributed by atoms with E-state index < -0.39 is 23.5 Å². The Balaban J connectivity index is 1.97. The van der Waals surface area contributed by atoms with Gasteiger partial charge in [0.15, 0.2) is 0 Å². The minimum Gasteiger partial charge on any atom is -0.507 e. The fourth-order valence-electron chi connectivity index (χ4n) is 4.04. The van der Waals surface area contributed by atoms with Crippen LogP contribution in [0, 0.1) is 19.7 Å². The van der Waals surface area contributed by atoms with Crippen molar-refractivity contribution < 1.29 is 23.8 Å². The number of aliphatic hydroxyl groups is 1. The minimum atomic E-state index is -0.902. The predicted molar refractivity (Wildman–Crippen MR) is 125 cm³/mol. The van der Waals surface area contributed by atoms with Crippen LogP contribution in [0.1, 0.15) is 28.3 Å². The van der Waals surface area contributed by atoms with Crippen LogP contribution >= 0.6 is 11.6 Å². The molecule has 0 saturated carbocycles. The Hall–Kier alpha value is -3.64. The van der Waals surface area contributed by atoms with Gasteiger partial charge in [-0.15, -0.1) is 0 Å². The third-order valence-corrected chi connectivity index (χ3v) is 6.07. The second-order valence-corrected chi connectivity index (χ2v) is 8.22. The number of carbonyl (C=O) groups is 2. The number of nitrogens with zero attached hydrogens (tertiary/aromatic N) is 1. The molecule has 0 radical (unpaired) electrons. The van der Waals surface area contributed by atoms with Crippen molar-refractivity contribution in [3.63, 3.8) is 0 Å². The number of ketones is 1. The van der Waals surface area contributed by atoms with Crippen molar-refractivity contribution >= 4 is 34.7 Å². The molecule has 1 atom stereocenters. The van der Waals surface area contributed by atoms with Crippen molar-refractivity contribution in [2.24, 2.45) is 0 Å². The quantitative estimate of drug-likeness (QED) is 0.303. The molecule has 0 spiro atoms. The summed E-state index contributed by atoms with van der Waals surface area (Å²) in [5, 5.41) is 11.4. The Kier molecular flexibility index (Phi) is 5.95. The first kappa shape index (κ1) is 22.6. The lowest BCUT2D eigenvalue weighted by Crippen LogP contribution is -2.29. The van der Waals surface area contributed by atoms with Crippen LogP contribution in [0.5, 0.6) is 5.75 Å². The van der Waals surface area contributed by atoms with Crippen LogP contribution in [-0.4, -0.2) is 23.9 Å². The van der Waals surface area contributed by atoms with E-state index in [1.54, 1.807) is 37.3 Å². The number of amides is 1. The van der Waals surface area contributed by atoms with Gasteiger partial charge in [-0.05, 0) is 66.9 Å². The maximum atomic E-state index is 13.8. The van der Waals surface area contributed by atoms with E-state index in [9.17, 15) is 19.1 Å². The maximum Gasteiger partial charge on any atom is 0.300 e. The summed E-state index contributed by atoms with van der Waals surface area (Å²) in [6.45, 7) is 3.42. The highest BCUT2D eigenvalue weighted by Crippen LogP contribution is 2.44. The molecule has 1 unspecified atom stereocenters. The molecule has 1 N–H and O–H groups in total. The van der Waals surface area contributed by atoms with Gasteiger partial charge in [0.2, 0.25) is 0 Å². The minimum absolute atomic E-state index is 0.0766. The molecular weight excluding hydrogens is 445 g/mol. The first-order valence-corrected chi connectivity index (χ1v) is 10.6. The van der Waals surface area contributed by atoms with Gasteiger partial charge in [0.1, 0.15) is 17.3 Å². The van der Waals surface area contributed by atoms with Crippen LogP contribution in [0.15, 0.2) is 66.2 Å². The molecular formula is C26H21ClFNO4. The van der Waals surface area contributed by atoms with Crippen LogP contribution in [0.3, 0.4) is 0 Å². The summed E-state index contributed by atoms with van der Waals surface area (Å²) in [4.78, 5) is 27.8. The highest BCUT2D eigenvalue weighted by molar-refractivity contribution is 6.52. The second kappa shape index (κ2) is 8.71. The average molecular weight is 466 g/mol. The van der Waals surface area contributed by atoms with E-state index in [1.165, 1.54) is 30.2 Å². The average Bonchev–Trinajstić information content (AvgIpc) is 3.05. The number of rotatable bonds is 4. The zero-order valence-corrected chi connectivity index (χ0v) is 19.0. The number of carbonyl (C=O) groups excluding carboxylic acids is 2. The molecule has 33 heavy (non-hydrogen) atoms. The fraction of sp³-hybridized carbons (Fsp3) is 0.154. The van der Waals surface area contributed by atoms with E-state index in [4.69, 9.17) is 16.3 Å². The van der Waals surface area contributed by atoms with Gasteiger partial charge in [0.05, 0.1) is 23.7 Å². The molecule has 3 aromatic carbocycles. The second-order valence-electron chi connectivity index (χ2n) is 7.81. The number of aryl methyl sites for hydroxylation is 2. The SMILES string of the molecule is COc1ccc(N2C(=O)C(=O)/C(=C(/O)c3ccc(F)c(C)c3)C2c2ccccc2C)cc1Cl. The van der Waals surface area contributed by atoms with E-state index in [-0.39, 0.29) is 21.9 Å². The molecule has 1 amide bonds. The van der Waals surface area contributed by atoms with Gasteiger partial charge in [-0.2, -0.15) is 0 Å². The number of aliphatic hydroxyl groups excluding tert-OH is 1. The maximum absolute atomic E-state index is 13.8. The van der Waals surface area contributed by atoms with E-state index in [0.29, 0.717) is 22.6 Å². The van der Waals surface area contributed by atoms with Crippen molar-refractivity contribution in [2.75, 3.05) is 12.0 Å². The summed E-state index contributed by atoms with van der Waals surface area (Å²) in [5.41, 5.74) is 2.36. The first-order valence-electron chi connectivity index (χ1n) is 10.2. The Bertz CT molecular complexity index is 1320. The summed E-state index contributed by atoms with van der Waals surface area (Å²) in [5.74, 6) is -2.02. The number of methoxy groups -OCH3 is 1. The Morgan fingerprint density at radius 1 is 1.03 bits per heavy atom. The van der Waals surface area contributed by atoms with Gasteiger partial charge in [0.25, 0.3) is 11.7 Å². The molecule has 1 saturated heterocycles. The highest BCUT2D eigenvalue weighted by atomic mass is 35.5. The first-order chi connectivity index (χ1) is 15.7. The fourth-order valence-corrected chi connectivity index (χ4v) is 4.29. The number of Topliss-reactive ketones (excluding diaryl/α,β-unsaturated/α-hetero) is 1. The van der Waals surface area contributed by atoms with Gasteiger partial charge in [-0.25, -0.2) is 4.39 Å². The molecule has 1 aliphatic rings. The standard InChI is InChI=1S/C26H21ClFNO4/c1-14-6-4-5-7-18(14)23-22(24(30)16-8-10-20(28)15(2)12-16)25(31)26(32)29(23)17-9-11-21(33-3)19(27)13-17/h4-13,23,30H,1-3H3/b24-22+. The third kappa shape index (κ3) is 3.87. The largest absolute Gasteiger partial charge is 0.507 e. The van der Waals surface area contributed by atoms with Gasteiger partial charge in [-0.3, -0.25) is 14.5 Å². The summed E-state index contributed by atoms with van der Waals surface area (Å²) in [6.07, 6.45) is 0. The van der Waals surface area contributed by atoms with Crippen molar-refractivity contribution in [2.45, 2.75) is 19.9 Å². The zero-order valence-electron chi connectivity index (χ0n) is 18.2. The van der Waals surface area contributed by atoms with E-state index in [1.807, 2.05) is 19.1 Å². The number of hydrogen-bond acceptors (Lipinski definition) is 4. The van der Waals surface area contributed by atoms with E-state index in [2.05, 4.69) is 0 Å². The lowest BCUT2D eigenvalue weighted by molar-refractivity contribution is -0.132. The van der Waals surface area contributed by atoms with Gasteiger partial charge in [0, 0.05) is 11.3 Å². The molecule has 0 aromatic heterocycles. The third-order valence-electron chi connectivity index (χ3n) is 5.77. The smallest absolute Gasteiger partial charge is 0.300 e. The van der Waals surface area contributed by atoms with Gasteiger partial charge in [-0.1, -0.05) is 35.9 Å². The molecule has 7 heteroatoms. The number of hydrogen-bond donors (Lipinski definition) is 1. The normalized spacial score (nSPS) is 17.5. The summed E-state index contributed by atoms with van der Waals surface area (Å²) >= 11 is 6.30. The lowest BCUT2D eigenvalue weighted by Gasteiger charge is -2.27. The van der Waals surface area contributed by atoms with Crippen LogP contribution in [0.2, 0.25) is 5.02 Å². The van der Waals surface area contributed by atoms with Crippen molar-refractivity contribution in [1.29, 1.82) is 0 Å². The molecule has 0 aliphatic carbocycles. The zero-order chi connectivity index (χ0) is 23.9. The van der Waals surface area contributed by atoms with E-state index >= 15 is 0 Å². The van der Waals surface area contributed by atoms with Crippen LogP contribution < -0.4 is 9.64 Å². The van der Waals surface area contributed by atoms with Crippen molar-refractivity contribution in [3.8, 4) is 5.75 Å². The van der Waals surface area contributed by atoms with E-state index in [0.717, 1.165) is 5.56 Å². The Morgan fingerprint density at radius 2 is 1.76 bits per heavy atom. The summed E-state index contributed by atoms with van der Waals surface area (Å²) in [6, 6.07) is 15.2. The Labute approximate surface area is 195 Å². The molecule has 168 valence electrons. The van der Waals surface area contributed by atoms with Gasteiger partial charge >= 0.3 is 0 Å². The molecule has 4 rings (SSSR count). The molecule has 1 aliphatic heterocycles. The van der Waals surface area contributed by atoms with Crippen molar-refractivity contribution in [3.05, 3.63) is 99.3 Å². The van der Waals surface area contributed by atoms with Crippen LogP contribution in [0.4, 0.5) is 10.1 Å². The topological polar surface area (TPSA) is 66.8 Å². The van der Waals surface area contributed by atoms with Crippen LogP contribution in [-0.2, 0) is 9.59 Å². The summed E-state index contributed by atoms with van der Waals surface area (Å²) < 4.78 is 19.0. The monoisotopic (exact) mass is 465 g/mol. The predicted octanol–water partition coefficient (Wildman–Crippen LogP) is 5.73. The van der Waals surface area contributed by atoms with Crippen LogP contribution in [0.25, 0.3) is 5.76 Å².